The van der Waals surface area contributed by atoms with Crippen LogP contribution in [0, 0.1) is 0 Å². The van der Waals surface area contributed by atoms with Gasteiger partial charge < -0.3 is 9.88 Å². The highest BCUT2D eigenvalue weighted by Crippen LogP contribution is 2.30. The molecule has 0 spiro atoms. The van der Waals surface area contributed by atoms with E-state index in [9.17, 15) is 4.79 Å². The summed E-state index contributed by atoms with van der Waals surface area (Å²) >= 11 is 7.62. The van der Waals surface area contributed by atoms with E-state index in [2.05, 4.69) is 9.97 Å². The molecule has 1 N–H and O–H groups in total. The van der Waals surface area contributed by atoms with Crippen molar-refractivity contribution < 1.29 is 4.79 Å². The van der Waals surface area contributed by atoms with Crippen LogP contribution in [0.4, 0.5) is 0 Å². The largest absolute Gasteiger partial charge is 0.357 e. The summed E-state index contributed by atoms with van der Waals surface area (Å²) in [6, 6.07) is 9.55. The van der Waals surface area contributed by atoms with E-state index in [4.69, 9.17) is 11.6 Å². The van der Waals surface area contributed by atoms with Crippen LogP contribution in [0.15, 0.2) is 41.9 Å². The molecule has 0 bridgehead atoms. The predicted molar refractivity (Wildman–Crippen MR) is 97.5 cm³/mol. The predicted octanol–water partition coefficient (Wildman–Crippen LogP) is 4.69. The van der Waals surface area contributed by atoms with E-state index >= 15 is 0 Å². The number of halogens is 1. The Hall–Kier alpha value is -2.11. The van der Waals surface area contributed by atoms with Gasteiger partial charge in [0.05, 0.1) is 5.69 Å². The van der Waals surface area contributed by atoms with Gasteiger partial charge in [-0.05, 0) is 31.0 Å². The van der Waals surface area contributed by atoms with Crippen LogP contribution in [-0.2, 0) is 0 Å². The lowest BCUT2D eigenvalue weighted by Crippen LogP contribution is -2.27. The van der Waals surface area contributed by atoms with Gasteiger partial charge in [0.25, 0.3) is 5.91 Å². The van der Waals surface area contributed by atoms with Gasteiger partial charge in [0.2, 0.25) is 0 Å². The number of nitrogens with one attached hydrogen (secondary N) is 1. The molecule has 0 aliphatic carbocycles. The number of carbonyl (C=O) groups excluding carboxylic acids is 1. The third-order valence-electron chi connectivity index (χ3n) is 4.18. The average molecular weight is 358 g/mol. The SMILES string of the molecule is O=C(c1cc(-c2csc(-c3cccc(Cl)c3)n2)c[nH]1)N1CCCC1. The molecule has 3 heterocycles. The fourth-order valence-corrected chi connectivity index (χ4v) is 3.93. The number of carbonyl (C=O) groups is 1. The third-order valence-corrected chi connectivity index (χ3v) is 5.30. The van der Waals surface area contributed by atoms with Crippen molar-refractivity contribution in [3.8, 4) is 21.8 Å². The molecule has 1 aliphatic rings. The van der Waals surface area contributed by atoms with Crippen LogP contribution < -0.4 is 0 Å². The number of benzene rings is 1. The number of rotatable bonds is 3. The molecule has 4 rings (SSSR count). The minimum atomic E-state index is 0.0732. The Bertz CT molecular complexity index is 880. The van der Waals surface area contributed by atoms with Crippen LogP contribution in [0.5, 0.6) is 0 Å². The Balaban J connectivity index is 1.58. The Morgan fingerprint density at radius 3 is 2.83 bits per heavy atom. The van der Waals surface area contributed by atoms with Crippen molar-refractivity contribution in [2.24, 2.45) is 0 Å². The summed E-state index contributed by atoms with van der Waals surface area (Å²) < 4.78 is 0. The highest BCUT2D eigenvalue weighted by atomic mass is 35.5. The van der Waals surface area contributed by atoms with Crippen LogP contribution in [0.25, 0.3) is 21.8 Å². The van der Waals surface area contributed by atoms with Crippen LogP contribution >= 0.6 is 22.9 Å². The summed E-state index contributed by atoms with van der Waals surface area (Å²) in [5.41, 5.74) is 3.43. The second-order valence-corrected chi connectivity index (χ2v) is 7.14. The third kappa shape index (κ3) is 2.97. The van der Waals surface area contributed by atoms with Gasteiger partial charge >= 0.3 is 0 Å². The lowest BCUT2D eigenvalue weighted by Gasteiger charge is -2.13. The van der Waals surface area contributed by atoms with Gasteiger partial charge in [-0.3, -0.25) is 4.79 Å². The number of thiazole rings is 1. The summed E-state index contributed by atoms with van der Waals surface area (Å²) in [6.45, 7) is 1.70. The maximum absolute atomic E-state index is 12.4. The zero-order chi connectivity index (χ0) is 16.5. The Morgan fingerprint density at radius 2 is 2.04 bits per heavy atom. The molecule has 0 atom stereocenters. The maximum atomic E-state index is 12.4. The van der Waals surface area contributed by atoms with Crippen molar-refractivity contribution in [1.82, 2.24) is 14.9 Å². The van der Waals surface area contributed by atoms with Crippen molar-refractivity contribution in [2.75, 3.05) is 13.1 Å². The van der Waals surface area contributed by atoms with Gasteiger partial charge in [0.1, 0.15) is 10.7 Å². The molecule has 2 aromatic heterocycles. The zero-order valence-electron chi connectivity index (χ0n) is 13.0. The van der Waals surface area contributed by atoms with E-state index in [0.717, 1.165) is 47.8 Å². The summed E-state index contributed by atoms with van der Waals surface area (Å²) in [5, 5.41) is 3.62. The molecule has 0 radical (unpaired) electrons. The molecule has 1 aliphatic heterocycles. The molecule has 0 unspecified atom stereocenters. The van der Waals surface area contributed by atoms with Gasteiger partial charge in [-0.1, -0.05) is 23.7 Å². The molecule has 1 fully saturated rings. The molecular weight excluding hydrogens is 342 g/mol. The van der Waals surface area contributed by atoms with E-state index in [1.807, 2.05) is 46.8 Å². The summed E-state index contributed by atoms with van der Waals surface area (Å²) in [5.74, 6) is 0.0732. The van der Waals surface area contributed by atoms with E-state index in [1.54, 1.807) is 11.3 Å². The number of nitrogens with zero attached hydrogens (tertiary/aromatic N) is 2. The standard InChI is InChI=1S/C18H16ClN3OS/c19-14-5-3-4-12(8-14)17-21-16(11-24-17)13-9-15(20-10-13)18(23)22-6-1-2-7-22/h3-5,8-11,20H,1-2,6-7H2. The number of hydrogen-bond donors (Lipinski definition) is 1. The monoisotopic (exact) mass is 357 g/mol. The van der Waals surface area contributed by atoms with Crippen molar-refractivity contribution in [1.29, 1.82) is 0 Å². The lowest BCUT2D eigenvalue weighted by molar-refractivity contribution is 0.0788. The number of aromatic amines is 1. The molecule has 1 saturated heterocycles. The minimum absolute atomic E-state index is 0.0732. The summed E-state index contributed by atoms with van der Waals surface area (Å²) in [4.78, 5) is 22.1. The highest BCUT2D eigenvalue weighted by molar-refractivity contribution is 7.13. The molecule has 1 aromatic carbocycles. The molecule has 24 heavy (non-hydrogen) atoms. The topological polar surface area (TPSA) is 49.0 Å². The number of likely N-dealkylation sites (tertiary alicyclic amines) is 1. The number of aromatic nitrogens is 2. The Kier molecular flexibility index (Phi) is 4.12. The first kappa shape index (κ1) is 15.4. The number of hydrogen-bond acceptors (Lipinski definition) is 3. The molecule has 122 valence electrons. The van der Waals surface area contributed by atoms with E-state index in [0.29, 0.717) is 10.7 Å². The summed E-state index contributed by atoms with van der Waals surface area (Å²) in [7, 11) is 0. The Morgan fingerprint density at radius 1 is 1.21 bits per heavy atom. The average Bonchev–Trinajstić information content (AvgIpc) is 3.34. The van der Waals surface area contributed by atoms with Gasteiger partial charge in [0, 0.05) is 40.8 Å². The number of amides is 1. The molecule has 3 aromatic rings. The number of H-pyrrole nitrogens is 1. The Labute approximate surface area is 149 Å². The molecule has 1 amide bonds. The van der Waals surface area contributed by atoms with Crippen LogP contribution in [0.1, 0.15) is 23.3 Å². The van der Waals surface area contributed by atoms with Gasteiger partial charge in [-0.25, -0.2) is 4.98 Å². The second-order valence-electron chi connectivity index (χ2n) is 5.85. The highest BCUT2D eigenvalue weighted by Gasteiger charge is 2.21. The summed E-state index contributed by atoms with van der Waals surface area (Å²) in [6.07, 6.45) is 4.03. The van der Waals surface area contributed by atoms with Crippen LogP contribution in [0.2, 0.25) is 5.02 Å². The molecular formula is C18H16ClN3OS. The molecule has 0 saturated carbocycles. The smallest absolute Gasteiger partial charge is 0.270 e. The first-order valence-electron chi connectivity index (χ1n) is 7.90. The molecule has 6 heteroatoms. The van der Waals surface area contributed by atoms with Crippen molar-refractivity contribution in [3.05, 3.63) is 52.6 Å². The van der Waals surface area contributed by atoms with E-state index in [1.165, 1.54) is 0 Å². The van der Waals surface area contributed by atoms with Crippen LogP contribution in [0.3, 0.4) is 0 Å². The first-order valence-corrected chi connectivity index (χ1v) is 9.16. The van der Waals surface area contributed by atoms with E-state index in [-0.39, 0.29) is 5.91 Å². The van der Waals surface area contributed by atoms with Crippen molar-refractivity contribution >= 4 is 28.8 Å². The fraction of sp³-hybridized carbons (Fsp3) is 0.222. The van der Waals surface area contributed by atoms with Gasteiger partial charge in [-0.2, -0.15) is 0 Å². The van der Waals surface area contributed by atoms with Gasteiger partial charge in [-0.15, -0.1) is 11.3 Å². The second kappa shape index (κ2) is 6.42. The maximum Gasteiger partial charge on any atom is 0.270 e. The van der Waals surface area contributed by atoms with Crippen molar-refractivity contribution in [2.45, 2.75) is 12.8 Å². The first-order chi connectivity index (χ1) is 11.7. The fourth-order valence-electron chi connectivity index (χ4n) is 2.92. The van der Waals surface area contributed by atoms with Gasteiger partial charge in [0.15, 0.2) is 0 Å². The van der Waals surface area contributed by atoms with Crippen LogP contribution in [-0.4, -0.2) is 33.9 Å². The quantitative estimate of drug-likeness (QED) is 0.738. The molecule has 4 nitrogen and oxygen atoms in total. The lowest BCUT2D eigenvalue weighted by atomic mass is 10.2. The normalized spacial score (nSPS) is 14.3. The van der Waals surface area contributed by atoms with Crippen molar-refractivity contribution in [3.63, 3.8) is 0 Å². The van der Waals surface area contributed by atoms with E-state index < -0.39 is 0 Å². The zero-order valence-corrected chi connectivity index (χ0v) is 14.5. The minimum Gasteiger partial charge on any atom is -0.357 e.